The average molecular weight is 247 g/mol. The highest BCUT2D eigenvalue weighted by atomic mass is 79.9. The van der Waals surface area contributed by atoms with Gasteiger partial charge in [0.1, 0.15) is 6.29 Å². The van der Waals surface area contributed by atoms with Gasteiger partial charge < -0.3 is 5.11 Å². The van der Waals surface area contributed by atoms with Crippen LogP contribution in [0.1, 0.15) is 10.4 Å². The summed E-state index contributed by atoms with van der Waals surface area (Å²) in [4.78, 5) is 10.4. The van der Waals surface area contributed by atoms with E-state index >= 15 is 0 Å². The van der Waals surface area contributed by atoms with Gasteiger partial charge in [0.2, 0.25) is 0 Å². The third-order valence-corrected chi connectivity index (χ3v) is 1.86. The van der Waals surface area contributed by atoms with E-state index in [2.05, 4.69) is 15.9 Å². The molecule has 70 valence electrons. The maximum absolute atomic E-state index is 11.2. The summed E-state index contributed by atoms with van der Waals surface area (Å²) in [6.45, 7) is 0. The average Bonchev–Trinajstić information content (AvgIpc) is 2.08. The fourth-order valence-electron chi connectivity index (χ4n) is 0.836. The highest BCUT2D eigenvalue weighted by Gasteiger charge is 2.05. The number of aldehydes is 1. The van der Waals surface area contributed by atoms with Crippen molar-refractivity contribution in [2.45, 2.75) is 0 Å². The van der Waals surface area contributed by atoms with Gasteiger partial charge in [0, 0.05) is 10.0 Å². The van der Waals surface area contributed by atoms with Crippen molar-refractivity contribution < 1.29 is 20.3 Å². The minimum atomic E-state index is -0.733. The van der Waals surface area contributed by atoms with Gasteiger partial charge in [-0.15, -0.1) is 5.23 Å². The Bertz CT molecular complexity index is 340. The van der Waals surface area contributed by atoms with Crippen molar-refractivity contribution in [2.75, 3.05) is 5.23 Å². The largest absolute Gasteiger partial charge is 0.870 e. The summed E-state index contributed by atoms with van der Waals surface area (Å²) in [5, 5.41) is 28.1. The molecule has 1 aromatic rings. The van der Waals surface area contributed by atoms with Crippen LogP contribution < -0.4 is 10.3 Å². The molecule has 0 aliphatic carbocycles. The standard InChI is InChI=1S/C7H6BrNO4/c8-5-1-4(3-10)7(11)6(2-5)9(12)13/h1-3,11-13H/p-1. The molecule has 0 saturated carbocycles. The summed E-state index contributed by atoms with van der Waals surface area (Å²) in [6.07, 6.45) is 0.347. The molecule has 2 N–H and O–H groups in total. The van der Waals surface area contributed by atoms with Crippen LogP contribution in [-0.2, 0) is 0 Å². The topological polar surface area (TPSA) is 83.8 Å². The Kier molecular flexibility index (Phi) is 2.86. The molecule has 0 radical (unpaired) electrons. The molecule has 0 heterocycles. The number of halogens is 1. The van der Waals surface area contributed by atoms with E-state index < -0.39 is 5.75 Å². The van der Waals surface area contributed by atoms with Gasteiger partial charge in [-0.05, 0) is 12.1 Å². The molecule has 5 nitrogen and oxygen atoms in total. The number of rotatable bonds is 2. The predicted octanol–water partition coefficient (Wildman–Crippen LogP) is 0.920. The molecule has 6 heteroatoms. The van der Waals surface area contributed by atoms with Gasteiger partial charge in [-0.2, -0.15) is 0 Å². The summed E-state index contributed by atoms with van der Waals surface area (Å²) >= 11 is 3.01. The van der Waals surface area contributed by atoms with Crippen molar-refractivity contribution in [3.05, 3.63) is 22.2 Å². The normalized spacial score (nSPS) is 9.77. The Labute approximate surface area is 81.9 Å². The maximum atomic E-state index is 11.2. The highest BCUT2D eigenvalue weighted by molar-refractivity contribution is 9.10. The first-order chi connectivity index (χ1) is 6.06. The first kappa shape index (κ1) is 9.97. The number of hydrogen-bond acceptors (Lipinski definition) is 5. The molecular weight excluding hydrogens is 242 g/mol. The molecule has 0 amide bonds. The summed E-state index contributed by atoms with van der Waals surface area (Å²) in [6, 6.07) is 2.48. The molecule has 0 aromatic heterocycles. The van der Waals surface area contributed by atoms with Crippen LogP contribution in [0.4, 0.5) is 5.69 Å². The Morgan fingerprint density at radius 1 is 1.46 bits per heavy atom. The molecule has 0 spiro atoms. The number of nitrogens with zero attached hydrogens (tertiary/aromatic N) is 1. The molecule has 0 unspecified atom stereocenters. The first-order valence-corrected chi connectivity index (χ1v) is 3.99. The molecular formula is C7H5BrNO4-. The molecule has 0 aliphatic heterocycles. The summed E-state index contributed by atoms with van der Waals surface area (Å²) in [5.41, 5.74) is -0.519. The third-order valence-electron chi connectivity index (χ3n) is 1.41. The summed E-state index contributed by atoms with van der Waals surface area (Å²) in [7, 11) is 0. The fraction of sp³-hybridized carbons (Fsp3) is 0. The van der Waals surface area contributed by atoms with E-state index in [0.717, 1.165) is 0 Å². The second kappa shape index (κ2) is 3.73. The lowest BCUT2D eigenvalue weighted by molar-refractivity contribution is -0.268. The molecule has 1 aromatic carbocycles. The SMILES string of the molecule is O=Cc1cc(Br)cc(N(O)O)c1[O-]. The number of benzene rings is 1. The number of carbonyl (C=O) groups is 1. The summed E-state index contributed by atoms with van der Waals surface area (Å²) in [5.74, 6) is -0.733. The van der Waals surface area contributed by atoms with Gasteiger partial charge >= 0.3 is 0 Å². The molecule has 0 atom stereocenters. The lowest BCUT2D eigenvalue weighted by Gasteiger charge is -2.18. The molecule has 0 aliphatic rings. The van der Waals surface area contributed by atoms with Crippen LogP contribution in [0.5, 0.6) is 5.75 Å². The van der Waals surface area contributed by atoms with Crippen molar-refractivity contribution >= 4 is 27.9 Å². The zero-order valence-electron chi connectivity index (χ0n) is 6.27. The van der Waals surface area contributed by atoms with Crippen LogP contribution in [0.25, 0.3) is 0 Å². The highest BCUT2D eigenvalue weighted by Crippen LogP contribution is 2.29. The molecule has 0 fully saturated rings. The fourth-order valence-corrected chi connectivity index (χ4v) is 1.30. The van der Waals surface area contributed by atoms with Crippen molar-refractivity contribution in [3.63, 3.8) is 0 Å². The van der Waals surface area contributed by atoms with Gasteiger partial charge in [-0.1, -0.05) is 21.7 Å². The van der Waals surface area contributed by atoms with Gasteiger partial charge in [0.05, 0.1) is 5.69 Å². The number of anilines is 1. The quantitative estimate of drug-likeness (QED) is 0.599. The van der Waals surface area contributed by atoms with E-state index in [-0.39, 0.29) is 16.5 Å². The lowest BCUT2D eigenvalue weighted by atomic mass is 10.2. The molecule has 0 bridgehead atoms. The summed E-state index contributed by atoms with van der Waals surface area (Å²) < 4.78 is 0.414. The van der Waals surface area contributed by atoms with Gasteiger partial charge in [0.15, 0.2) is 0 Å². The maximum Gasteiger partial charge on any atom is 0.149 e. The van der Waals surface area contributed by atoms with Gasteiger partial charge in [-0.3, -0.25) is 15.2 Å². The number of hydrogen-bond donors (Lipinski definition) is 2. The van der Waals surface area contributed by atoms with Crippen LogP contribution in [0.15, 0.2) is 16.6 Å². The Balaban J connectivity index is 3.35. The van der Waals surface area contributed by atoms with E-state index in [1.54, 1.807) is 0 Å². The van der Waals surface area contributed by atoms with Crippen molar-refractivity contribution in [1.29, 1.82) is 0 Å². The zero-order valence-corrected chi connectivity index (χ0v) is 7.85. The second-order valence-electron chi connectivity index (χ2n) is 2.25. The lowest BCUT2D eigenvalue weighted by Crippen LogP contribution is -2.14. The molecule has 1 rings (SSSR count). The number of carbonyl (C=O) groups excluding carboxylic acids is 1. The first-order valence-electron chi connectivity index (χ1n) is 3.20. The van der Waals surface area contributed by atoms with Crippen LogP contribution in [0.2, 0.25) is 0 Å². The van der Waals surface area contributed by atoms with E-state index in [9.17, 15) is 9.90 Å². The monoisotopic (exact) mass is 246 g/mol. The second-order valence-corrected chi connectivity index (χ2v) is 3.17. The van der Waals surface area contributed by atoms with E-state index in [1.165, 1.54) is 12.1 Å². The van der Waals surface area contributed by atoms with Crippen molar-refractivity contribution in [1.82, 2.24) is 0 Å². The molecule has 0 saturated heterocycles. The van der Waals surface area contributed by atoms with E-state index in [4.69, 9.17) is 10.4 Å². The zero-order chi connectivity index (χ0) is 10.0. The van der Waals surface area contributed by atoms with E-state index in [1.807, 2.05) is 0 Å². The van der Waals surface area contributed by atoms with Crippen molar-refractivity contribution in [2.24, 2.45) is 0 Å². The Hall–Kier alpha value is -1.11. The minimum absolute atomic E-state index is 0.141. The van der Waals surface area contributed by atoms with Crippen LogP contribution in [0.3, 0.4) is 0 Å². The van der Waals surface area contributed by atoms with Crippen LogP contribution in [-0.4, -0.2) is 16.7 Å². The van der Waals surface area contributed by atoms with Gasteiger partial charge in [-0.25, -0.2) is 0 Å². The molecule has 13 heavy (non-hydrogen) atoms. The van der Waals surface area contributed by atoms with Gasteiger partial charge in [0.25, 0.3) is 0 Å². The smallest absolute Gasteiger partial charge is 0.149 e. The van der Waals surface area contributed by atoms with E-state index in [0.29, 0.717) is 10.8 Å². The Morgan fingerprint density at radius 2 is 2.08 bits per heavy atom. The predicted molar refractivity (Wildman–Crippen MR) is 45.0 cm³/mol. The van der Waals surface area contributed by atoms with Crippen molar-refractivity contribution in [3.8, 4) is 5.75 Å². The Morgan fingerprint density at radius 3 is 2.54 bits per heavy atom. The van der Waals surface area contributed by atoms with Crippen LogP contribution in [0, 0.1) is 0 Å². The minimum Gasteiger partial charge on any atom is -0.870 e. The van der Waals surface area contributed by atoms with Crippen LogP contribution >= 0.6 is 15.9 Å². The third kappa shape index (κ3) is 1.97.